The average Bonchev–Trinajstić information content (AvgIpc) is 2.27. The van der Waals surface area contributed by atoms with Gasteiger partial charge >= 0.3 is 6.18 Å². The summed E-state index contributed by atoms with van der Waals surface area (Å²) in [6, 6.07) is 4.17. The number of ether oxygens (including phenoxy) is 1. The van der Waals surface area contributed by atoms with Crippen LogP contribution in [0.1, 0.15) is 18.1 Å². The highest BCUT2D eigenvalue weighted by Crippen LogP contribution is 2.33. The zero-order chi connectivity index (χ0) is 13.3. The van der Waals surface area contributed by atoms with E-state index in [0.717, 1.165) is 0 Å². The molecule has 18 heavy (non-hydrogen) atoms. The van der Waals surface area contributed by atoms with Gasteiger partial charge in [0.05, 0.1) is 18.3 Å². The molecule has 0 N–H and O–H groups in total. The number of hydrogen-bond donors (Lipinski definition) is 0. The first kappa shape index (κ1) is 13.2. The van der Waals surface area contributed by atoms with Crippen LogP contribution in [-0.2, 0) is 10.9 Å². The fraction of sp³-hybridized carbons (Fsp3) is 0.538. The molecule has 0 saturated carbocycles. The van der Waals surface area contributed by atoms with E-state index in [1.165, 1.54) is 12.1 Å². The molecular weight excluding hydrogens is 243 g/mol. The van der Waals surface area contributed by atoms with Crippen molar-refractivity contribution >= 4 is 5.69 Å². The lowest BCUT2D eigenvalue weighted by Crippen LogP contribution is -2.41. The van der Waals surface area contributed by atoms with Gasteiger partial charge in [-0.1, -0.05) is 0 Å². The van der Waals surface area contributed by atoms with Crippen molar-refractivity contribution in [3.05, 3.63) is 29.3 Å². The molecule has 1 aromatic carbocycles. The van der Waals surface area contributed by atoms with Crippen LogP contribution in [0.25, 0.3) is 0 Å². The first-order valence-corrected chi connectivity index (χ1v) is 5.92. The summed E-state index contributed by atoms with van der Waals surface area (Å²) >= 11 is 0. The summed E-state index contributed by atoms with van der Waals surface area (Å²) in [6.45, 7) is 5.41. The lowest BCUT2D eigenvalue weighted by molar-refractivity contribution is -0.137. The third-order valence-corrected chi connectivity index (χ3v) is 3.00. The van der Waals surface area contributed by atoms with Crippen LogP contribution in [-0.4, -0.2) is 25.8 Å². The number of hydrogen-bond acceptors (Lipinski definition) is 2. The van der Waals surface area contributed by atoms with Crippen molar-refractivity contribution < 1.29 is 17.9 Å². The summed E-state index contributed by atoms with van der Waals surface area (Å²) in [6.07, 6.45) is -4.24. The zero-order valence-electron chi connectivity index (χ0n) is 10.4. The molecule has 0 radical (unpaired) electrons. The molecule has 1 saturated heterocycles. The van der Waals surface area contributed by atoms with Gasteiger partial charge in [-0.15, -0.1) is 0 Å². The molecule has 0 unspecified atom stereocenters. The van der Waals surface area contributed by atoms with Crippen molar-refractivity contribution in [2.45, 2.75) is 26.1 Å². The highest BCUT2D eigenvalue weighted by atomic mass is 19.4. The van der Waals surface area contributed by atoms with E-state index in [-0.39, 0.29) is 6.10 Å². The number of halogens is 3. The van der Waals surface area contributed by atoms with Crippen LogP contribution in [0.5, 0.6) is 0 Å². The number of morpholine rings is 1. The molecule has 2 nitrogen and oxygen atoms in total. The minimum Gasteiger partial charge on any atom is -0.375 e. The normalized spacial score (nSPS) is 21.2. The van der Waals surface area contributed by atoms with E-state index in [1.807, 2.05) is 11.8 Å². The number of aryl methyl sites for hydroxylation is 1. The Bertz CT molecular complexity index is 431. The summed E-state index contributed by atoms with van der Waals surface area (Å²) < 4.78 is 43.6. The number of rotatable bonds is 1. The monoisotopic (exact) mass is 259 g/mol. The standard InChI is InChI=1S/C13H16F3NO/c1-9-5-11(13(14,15)16)7-12(6-9)17-3-4-18-10(2)8-17/h5-7,10H,3-4,8H2,1-2H3/t10-/m1/s1. The highest BCUT2D eigenvalue weighted by Gasteiger charge is 2.31. The topological polar surface area (TPSA) is 12.5 Å². The van der Waals surface area contributed by atoms with Crippen molar-refractivity contribution in [2.75, 3.05) is 24.6 Å². The summed E-state index contributed by atoms with van der Waals surface area (Å²) in [5, 5.41) is 0. The Morgan fingerprint density at radius 3 is 2.61 bits per heavy atom. The van der Waals surface area contributed by atoms with Crippen molar-refractivity contribution in [1.82, 2.24) is 0 Å². The first-order valence-electron chi connectivity index (χ1n) is 5.92. The quantitative estimate of drug-likeness (QED) is 0.767. The van der Waals surface area contributed by atoms with E-state index in [0.29, 0.717) is 30.9 Å². The predicted octanol–water partition coefficient (Wildman–Crippen LogP) is 3.24. The first-order chi connectivity index (χ1) is 8.36. The van der Waals surface area contributed by atoms with E-state index in [4.69, 9.17) is 4.74 Å². The van der Waals surface area contributed by atoms with E-state index in [1.54, 1.807) is 13.0 Å². The second kappa shape index (κ2) is 4.80. The van der Waals surface area contributed by atoms with Gasteiger partial charge in [-0.2, -0.15) is 13.2 Å². The molecule has 1 heterocycles. The SMILES string of the molecule is Cc1cc(N2CCO[C@H](C)C2)cc(C(F)(F)F)c1. The fourth-order valence-corrected chi connectivity index (χ4v) is 2.16. The largest absolute Gasteiger partial charge is 0.416 e. The molecule has 1 aliphatic heterocycles. The zero-order valence-corrected chi connectivity index (χ0v) is 10.4. The van der Waals surface area contributed by atoms with E-state index in [2.05, 4.69) is 0 Å². The molecule has 5 heteroatoms. The van der Waals surface area contributed by atoms with Gasteiger partial charge < -0.3 is 9.64 Å². The molecule has 1 aromatic rings. The molecular formula is C13H16F3NO. The molecule has 2 rings (SSSR count). The van der Waals surface area contributed by atoms with Crippen LogP contribution in [0.15, 0.2) is 18.2 Å². The van der Waals surface area contributed by atoms with Crippen LogP contribution in [0.3, 0.4) is 0 Å². The molecule has 0 aromatic heterocycles. The Morgan fingerprint density at radius 1 is 1.28 bits per heavy atom. The Balaban J connectivity index is 2.30. The Morgan fingerprint density at radius 2 is 2.00 bits per heavy atom. The average molecular weight is 259 g/mol. The number of nitrogens with zero attached hydrogens (tertiary/aromatic N) is 1. The van der Waals surface area contributed by atoms with Gasteiger partial charge in [0.25, 0.3) is 0 Å². The predicted molar refractivity (Wildman–Crippen MR) is 63.8 cm³/mol. The maximum Gasteiger partial charge on any atom is 0.416 e. The molecule has 0 spiro atoms. The number of anilines is 1. The second-order valence-corrected chi connectivity index (χ2v) is 4.68. The molecule has 1 atom stereocenters. The van der Waals surface area contributed by atoms with Gasteiger partial charge in [0.1, 0.15) is 0 Å². The molecule has 0 amide bonds. The third-order valence-electron chi connectivity index (χ3n) is 3.00. The maximum atomic E-state index is 12.7. The Kier molecular flexibility index (Phi) is 3.52. The van der Waals surface area contributed by atoms with Crippen molar-refractivity contribution in [2.24, 2.45) is 0 Å². The smallest absolute Gasteiger partial charge is 0.375 e. The van der Waals surface area contributed by atoms with Crippen LogP contribution < -0.4 is 4.90 Å². The summed E-state index contributed by atoms with van der Waals surface area (Å²) in [4.78, 5) is 1.94. The molecule has 0 aliphatic carbocycles. The number of alkyl halides is 3. The van der Waals surface area contributed by atoms with Gasteiger partial charge in [-0.3, -0.25) is 0 Å². The molecule has 1 aliphatic rings. The van der Waals surface area contributed by atoms with E-state index >= 15 is 0 Å². The fourth-order valence-electron chi connectivity index (χ4n) is 2.16. The van der Waals surface area contributed by atoms with Crippen molar-refractivity contribution in [3.63, 3.8) is 0 Å². The Labute approximate surface area is 104 Å². The van der Waals surface area contributed by atoms with Crippen molar-refractivity contribution in [3.8, 4) is 0 Å². The lowest BCUT2D eigenvalue weighted by atomic mass is 10.1. The van der Waals surface area contributed by atoms with Gasteiger partial charge in [0.2, 0.25) is 0 Å². The highest BCUT2D eigenvalue weighted by molar-refractivity contribution is 5.52. The summed E-state index contributed by atoms with van der Waals surface area (Å²) in [7, 11) is 0. The minimum atomic E-state index is -4.29. The molecule has 0 bridgehead atoms. The lowest BCUT2D eigenvalue weighted by Gasteiger charge is -2.33. The van der Waals surface area contributed by atoms with Crippen LogP contribution in [0.2, 0.25) is 0 Å². The van der Waals surface area contributed by atoms with Gasteiger partial charge in [0.15, 0.2) is 0 Å². The van der Waals surface area contributed by atoms with Crippen LogP contribution in [0, 0.1) is 6.92 Å². The summed E-state index contributed by atoms with van der Waals surface area (Å²) in [5.74, 6) is 0. The maximum absolute atomic E-state index is 12.7. The van der Waals surface area contributed by atoms with Gasteiger partial charge in [-0.25, -0.2) is 0 Å². The number of benzene rings is 1. The molecule has 100 valence electrons. The van der Waals surface area contributed by atoms with Crippen LogP contribution in [0.4, 0.5) is 18.9 Å². The third kappa shape index (κ3) is 2.96. The summed E-state index contributed by atoms with van der Waals surface area (Å²) in [5.41, 5.74) is 0.660. The van der Waals surface area contributed by atoms with Gasteiger partial charge in [0, 0.05) is 18.8 Å². The Hall–Kier alpha value is -1.23. The van der Waals surface area contributed by atoms with Crippen LogP contribution >= 0.6 is 0 Å². The molecule has 1 fully saturated rings. The second-order valence-electron chi connectivity index (χ2n) is 4.68. The van der Waals surface area contributed by atoms with E-state index in [9.17, 15) is 13.2 Å². The minimum absolute atomic E-state index is 0.0496. The van der Waals surface area contributed by atoms with Crippen molar-refractivity contribution in [1.29, 1.82) is 0 Å². The van der Waals surface area contributed by atoms with E-state index < -0.39 is 11.7 Å². The van der Waals surface area contributed by atoms with Gasteiger partial charge in [-0.05, 0) is 37.6 Å².